The molecule has 0 saturated carbocycles. The molecule has 180 valence electrons. The summed E-state index contributed by atoms with van der Waals surface area (Å²) in [6.45, 7) is 7.85. The highest BCUT2D eigenvalue weighted by Gasteiger charge is 2.24. The van der Waals surface area contributed by atoms with Gasteiger partial charge in [-0.25, -0.2) is 0 Å². The Labute approximate surface area is 208 Å². The van der Waals surface area contributed by atoms with Gasteiger partial charge in [-0.05, 0) is 51.1 Å². The van der Waals surface area contributed by atoms with E-state index in [0.29, 0.717) is 19.7 Å². The molecule has 1 atom stereocenters. The molecule has 0 spiro atoms. The molecule has 0 amide bonds. The van der Waals surface area contributed by atoms with Crippen LogP contribution in [0.3, 0.4) is 0 Å². The summed E-state index contributed by atoms with van der Waals surface area (Å²) in [7, 11) is 0. The van der Waals surface area contributed by atoms with E-state index < -0.39 is 0 Å². The van der Waals surface area contributed by atoms with Crippen LogP contribution in [0.1, 0.15) is 28.7 Å². The van der Waals surface area contributed by atoms with Gasteiger partial charge >= 0.3 is 0 Å². The second kappa shape index (κ2) is 9.95. The molecule has 8 nitrogen and oxygen atoms in total. The molecule has 5 rings (SSSR count). The van der Waals surface area contributed by atoms with Gasteiger partial charge < -0.3 is 18.6 Å². The minimum atomic E-state index is -0.123. The summed E-state index contributed by atoms with van der Waals surface area (Å²) in [4.78, 5) is 17.2. The minimum absolute atomic E-state index is 0.0663. The second-order valence-corrected chi connectivity index (χ2v) is 9.33. The third-order valence-corrected chi connectivity index (χ3v) is 7.10. The third-order valence-electron chi connectivity index (χ3n) is 6.13. The number of hydrogen-bond acceptors (Lipinski definition) is 7. The average molecular weight is 490 g/mol. The van der Waals surface area contributed by atoms with Gasteiger partial charge in [0.1, 0.15) is 6.61 Å². The number of benzene rings is 1. The zero-order chi connectivity index (χ0) is 24.4. The van der Waals surface area contributed by atoms with Crippen molar-refractivity contribution in [1.82, 2.24) is 24.3 Å². The molecule has 3 aromatic heterocycles. The van der Waals surface area contributed by atoms with Crippen molar-refractivity contribution in [2.45, 2.75) is 45.1 Å². The molecule has 9 heteroatoms. The van der Waals surface area contributed by atoms with Crippen LogP contribution < -0.4 is 9.47 Å². The number of pyridine rings is 1. The summed E-state index contributed by atoms with van der Waals surface area (Å²) in [6.07, 6.45) is 3.35. The first-order valence-corrected chi connectivity index (χ1v) is 12.6. The number of Topliss-reactive ketones (excluding diaryl/α,β-unsaturated/α-hetero) is 1. The van der Waals surface area contributed by atoms with E-state index in [1.165, 1.54) is 11.8 Å². The summed E-state index contributed by atoms with van der Waals surface area (Å²) in [5.41, 5.74) is 3.64. The lowest BCUT2D eigenvalue weighted by Gasteiger charge is -2.27. The minimum Gasteiger partial charge on any atom is -0.486 e. The van der Waals surface area contributed by atoms with Crippen LogP contribution in [-0.4, -0.2) is 48.6 Å². The maximum Gasteiger partial charge on any atom is 0.191 e. The number of rotatable bonds is 8. The molecule has 0 N–H and O–H groups in total. The maximum absolute atomic E-state index is 13.2. The number of ketones is 1. The normalized spacial score (nSPS) is 14.8. The molecule has 1 aliphatic rings. The number of nitrogens with zero attached hydrogens (tertiary/aromatic N) is 5. The van der Waals surface area contributed by atoms with E-state index in [2.05, 4.69) is 19.7 Å². The summed E-state index contributed by atoms with van der Waals surface area (Å²) in [6, 6.07) is 13.5. The van der Waals surface area contributed by atoms with Crippen LogP contribution in [0.2, 0.25) is 0 Å². The van der Waals surface area contributed by atoms with Crippen molar-refractivity contribution in [1.29, 1.82) is 0 Å². The number of hydrogen-bond donors (Lipinski definition) is 0. The van der Waals surface area contributed by atoms with Gasteiger partial charge in [-0.1, -0.05) is 23.9 Å². The van der Waals surface area contributed by atoms with Gasteiger partial charge in [0.2, 0.25) is 0 Å². The summed E-state index contributed by atoms with van der Waals surface area (Å²) in [5.74, 6) is 2.65. The number of carbonyl (C=O) groups is 1. The SMILES string of the molecule is CCn1c(SCC(=O)c2cc(C)n(C[C@@H]3COc4ccccc4O3)c2C)nnc1-c1ccncc1. The smallest absolute Gasteiger partial charge is 0.191 e. The monoisotopic (exact) mass is 489 g/mol. The van der Waals surface area contributed by atoms with E-state index in [1.54, 1.807) is 12.4 Å². The molecule has 0 saturated heterocycles. The summed E-state index contributed by atoms with van der Waals surface area (Å²) in [5, 5.41) is 9.42. The lowest BCUT2D eigenvalue weighted by atomic mass is 10.2. The Bertz CT molecular complexity index is 1350. The fourth-order valence-corrected chi connectivity index (χ4v) is 5.21. The van der Waals surface area contributed by atoms with Crippen molar-refractivity contribution < 1.29 is 14.3 Å². The fraction of sp³-hybridized carbons (Fsp3) is 0.308. The van der Waals surface area contributed by atoms with E-state index in [1.807, 2.05) is 67.8 Å². The van der Waals surface area contributed by atoms with Crippen LogP contribution >= 0.6 is 11.8 Å². The molecule has 4 heterocycles. The average Bonchev–Trinajstić information content (AvgIpc) is 3.43. The van der Waals surface area contributed by atoms with Gasteiger partial charge in [-0.3, -0.25) is 9.78 Å². The number of thioether (sulfide) groups is 1. The van der Waals surface area contributed by atoms with E-state index in [9.17, 15) is 4.79 Å². The Hall–Kier alpha value is -3.59. The highest BCUT2D eigenvalue weighted by molar-refractivity contribution is 7.99. The van der Waals surface area contributed by atoms with Crippen molar-refractivity contribution in [3.05, 3.63) is 71.8 Å². The van der Waals surface area contributed by atoms with Crippen LogP contribution in [0.25, 0.3) is 11.4 Å². The molecular formula is C26H27N5O3S. The number of carbonyl (C=O) groups excluding carboxylic acids is 1. The molecule has 0 bridgehead atoms. The van der Waals surface area contributed by atoms with E-state index in [-0.39, 0.29) is 17.6 Å². The second-order valence-electron chi connectivity index (χ2n) is 8.39. The van der Waals surface area contributed by atoms with Crippen molar-refractivity contribution >= 4 is 17.5 Å². The lowest BCUT2D eigenvalue weighted by Crippen LogP contribution is -2.33. The van der Waals surface area contributed by atoms with Crippen LogP contribution in [0.5, 0.6) is 11.5 Å². The Morgan fingerprint density at radius 1 is 1.09 bits per heavy atom. The third kappa shape index (κ3) is 4.68. The van der Waals surface area contributed by atoms with Crippen molar-refractivity contribution in [2.24, 2.45) is 0 Å². The largest absolute Gasteiger partial charge is 0.486 e. The number of para-hydroxylation sites is 2. The Kier molecular flexibility index (Phi) is 6.59. The number of ether oxygens (including phenoxy) is 2. The van der Waals surface area contributed by atoms with E-state index in [0.717, 1.165) is 45.0 Å². The van der Waals surface area contributed by atoms with Gasteiger partial charge in [0.05, 0.1) is 12.3 Å². The van der Waals surface area contributed by atoms with Crippen molar-refractivity contribution in [3.8, 4) is 22.9 Å². The zero-order valence-corrected chi connectivity index (χ0v) is 20.8. The predicted molar refractivity (Wildman–Crippen MR) is 134 cm³/mol. The Morgan fingerprint density at radius 2 is 1.86 bits per heavy atom. The first kappa shape index (κ1) is 23.2. The van der Waals surface area contributed by atoms with Gasteiger partial charge in [-0.2, -0.15) is 0 Å². The number of aromatic nitrogens is 5. The molecule has 0 radical (unpaired) electrons. The van der Waals surface area contributed by atoms with Crippen LogP contribution in [0.15, 0.2) is 60.0 Å². The van der Waals surface area contributed by atoms with Crippen LogP contribution in [0, 0.1) is 13.8 Å². The molecule has 0 unspecified atom stereocenters. The maximum atomic E-state index is 13.2. The molecule has 0 fully saturated rings. The number of aryl methyl sites for hydroxylation is 1. The molecule has 1 aromatic carbocycles. The Balaban J connectivity index is 1.27. The van der Waals surface area contributed by atoms with Gasteiger partial charge in [0.15, 0.2) is 34.4 Å². The highest BCUT2D eigenvalue weighted by atomic mass is 32.2. The van der Waals surface area contributed by atoms with E-state index in [4.69, 9.17) is 9.47 Å². The Morgan fingerprint density at radius 3 is 2.63 bits per heavy atom. The zero-order valence-electron chi connectivity index (χ0n) is 20.0. The molecule has 0 aliphatic carbocycles. The molecule has 1 aliphatic heterocycles. The summed E-state index contributed by atoms with van der Waals surface area (Å²) < 4.78 is 16.1. The highest BCUT2D eigenvalue weighted by Crippen LogP contribution is 2.32. The molecule has 4 aromatic rings. The lowest BCUT2D eigenvalue weighted by molar-refractivity contribution is 0.0777. The van der Waals surface area contributed by atoms with Crippen LogP contribution in [0.4, 0.5) is 0 Å². The first-order chi connectivity index (χ1) is 17.0. The predicted octanol–water partition coefficient (Wildman–Crippen LogP) is 4.59. The van der Waals surface area contributed by atoms with Gasteiger partial charge in [0, 0.05) is 41.5 Å². The molecular weight excluding hydrogens is 462 g/mol. The number of fused-ring (bicyclic) bond motifs is 1. The summed E-state index contributed by atoms with van der Waals surface area (Å²) >= 11 is 1.41. The topological polar surface area (TPSA) is 84.1 Å². The standard InChI is InChI=1S/C26H27N5O3S/c1-4-30-25(19-9-11-27-12-10-19)28-29-26(30)35-16-22(32)21-13-17(2)31(18(21)3)14-20-15-33-23-7-5-6-8-24(23)34-20/h5-13,20H,4,14-16H2,1-3H3/t20-/m1/s1. The first-order valence-electron chi connectivity index (χ1n) is 11.6. The van der Waals surface area contributed by atoms with Gasteiger partial charge in [0.25, 0.3) is 0 Å². The molecule has 35 heavy (non-hydrogen) atoms. The van der Waals surface area contributed by atoms with Gasteiger partial charge in [-0.15, -0.1) is 10.2 Å². The van der Waals surface area contributed by atoms with Crippen molar-refractivity contribution in [2.75, 3.05) is 12.4 Å². The van der Waals surface area contributed by atoms with Crippen molar-refractivity contribution in [3.63, 3.8) is 0 Å². The fourth-order valence-electron chi connectivity index (χ4n) is 4.32. The van der Waals surface area contributed by atoms with E-state index >= 15 is 0 Å². The van der Waals surface area contributed by atoms with Crippen LogP contribution in [-0.2, 0) is 13.1 Å². The quantitative estimate of drug-likeness (QED) is 0.264.